The summed E-state index contributed by atoms with van der Waals surface area (Å²) >= 11 is 3.48. The molecule has 1 aromatic carbocycles. The van der Waals surface area contributed by atoms with Gasteiger partial charge < -0.3 is 5.32 Å². The predicted octanol–water partition coefficient (Wildman–Crippen LogP) is 3.99. The van der Waals surface area contributed by atoms with Crippen molar-refractivity contribution in [3.05, 3.63) is 52.3 Å². The molecule has 2 aromatic rings. The van der Waals surface area contributed by atoms with Crippen molar-refractivity contribution in [2.75, 3.05) is 7.05 Å². The largest absolute Gasteiger partial charge is 0.316 e. The lowest BCUT2D eigenvalue weighted by molar-refractivity contribution is 0.467. The van der Waals surface area contributed by atoms with Crippen LogP contribution in [0.4, 0.5) is 0 Å². The van der Waals surface area contributed by atoms with Gasteiger partial charge in [-0.15, -0.1) is 0 Å². The molecule has 1 N–H and O–H groups in total. The van der Waals surface area contributed by atoms with Crippen molar-refractivity contribution in [2.45, 2.75) is 45.2 Å². The van der Waals surface area contributed by atoms with Crippen LogP contribution in [0, 0.1) is 0 Å². The average Bonchev–Trinajstić information content (AvgIpc) is 2.96. The van der Waals surface area contributed by atoms with E-state index in [1.165, 1.54) is 5.56 Å². The second kappa shape index (κ2) is 7.76. The Bertz CT molecular complexity index is 547. The van der Waals surface area contributed by atoms with Gasteiger partial charge in [0, 0.05) is 29.2 Å². The van der Waals surface area contributed by atoms with Gasteiger partial charge in [-0.25, -0.2) is 0 Å². The van der Waals surface area contributed by atoms with Crippen molar-refractivity contribution >= 4 is 15.9 Å². The molecular weight excluding hydrogens is 326 g/mol. The van der Waals surface area contributed by atoms with Gasteiger partial charge in [-0.2, -0.15) is 5.10 Å². The fraction of sp³-hybridized carbons (Fsp3) is 0.471. The Hall–Kier alpha value is -1.13. The summed E-state index contributed by atoms with van der Waals surface area (Å²) in [5.41, 5.74) is 2.51. The van der Waals surface area contributed by atoms with Gasteiger partial charge in [0.2, 0.25) is 0 Å². The number of nitrogens with zero attached hydrogens (tertiary/aromatic N) is 2. The standard InChI is InChI=1S/C17H24BrN3/c1-4-13(2)21-10-9-16(20-21)12-17(19-3)11-14-5-7-15(18)8-6-14/h5-10,13,17,19H,4,11-12H2,1-3H3. The molecule has 0 saturated carbocycles. The van der Waals surface area contributed by atoms with Crippen LogP contribution in [0.2, 0.25) is 0 Å². The first-order valence-corrected chi connectivity index (χ1v) is 8.37. The Morgan fingerprint density at radius 2 is 1.90 bits per heavy atom. The highest BCUT2D eigenvalue weighted by molar-refractivity contribution is 9.10. The molecule has 2 unspecified atom stereocenters. The van der Waals surface area contributed by atoms with E-state index in [9.17, 15) is 0 Å². The number of nitrogens with one attached hydrogen (secondary N) is 1. The number of hydrogen-bond acceptors (Lipinski definition) is 2. The maximum Gasteiger partial charge on any atom is 0.0640 e. The van der Waals surface area contributed by atoms with Crippen LogP contribution >= 0.6 is 15.9 Å². The van der Waals surface area contributed by atoms with Gasteiger partial charge in [0.1, 0.15) is 0 Å². The molecule has 21 heavy (non-hydrogen) atoms. The predicted molar refractivity (Wildman–Crippen MR) is 91.6 cm³/mol. The van der Waals surface area contributed by atoms with Crippen LogP contribution in [-0.4, -0.2) is 22.9 Å². The maximum absolute atomic E-state index is 4.69. The van der Waals surface area contributed by atoms with E-state index >= 15 is 0 Å². The third-order valence-corrected chi connectivity index (χ3v) is 4.49. The third kappa shape index (κ3) is 4.68. The van der Waals surface area contributed by atoms with Crippen LogP contribution in [0.3, 0.4) is 0 Å². The second-order valence-electron chi connectivity index (χ2n) is 5.56. The van der Waals surface area contributed by atoms with Crippen LogP contribution in [-0.2, 0) is 12.8 Å². The van der Waals surface area contributed by atoms with Crippen molar-refractivity contribution in [2.24, 2.45) is 0 Å². The van der Waals surface area contributed by atoms with Gasteiger partial charge in [0.25, 0.3) is 0 Å². The Labute approximate surface area is 135 Å². The van der Waals surface area contributed by atoms with Crippen LogP contribution in [0.5, 0.6) is 0 Å². The number of benzene rings is 1. The molecule has 0 bridgehead atoms. The average molecular weight is 350 g/mol. The third-order valence-electron chi connectivity index (χ3n) is 3.97. The van der Waals surface area contributed by atoms with E-state index in [-0.39, 0.29) is 0 Å². The van der Waals surface area contributed by atoms with E-state index in [4.69, 9.17) is 5.10 Å². The fourth-order valence-electron chi connectivity index (χ4n) is 2.35. The lowest BCUT2D eigenvalue weighted by atomic mass is 10.0. The minimum Gasteiger partial charge on any atom is -0.316 e. The molecule has 2 atom stereocenters. The van der Waals surface area contributed by atoms with Crippen LogP contribution in [0.25, 0.3) is 0 Å². The maximum atomic E-state index is 4.69. The molecule has 1 heterocycles. The molecule has 1 aromatic heterocycles. The van der Waals surface area contributed by atoms with Crippen LogP contribution in [0.1, 0.15) is 37.6 Å². The number of halogens is 1. The summed E-state index contributed by atoms with van der Waals surface area (Å²) in [5, 5.41) is 8.10. The van der Waals surface area contributed by atoms with Gasteiger partial charge >= 0.3 is 0 Å². The number of hydrogen-bond donors (Lipinski definition) is 1. The van der Waals surface area contributed by atoms with Gasteiger partial charge in [-0.1, -0.05) is 35.0 Å². The topological polar surface area (TPSA) is 29.9 Å². The summed E-state index contributed by atoms with van der Waals surface area (Å²) in [6, 6.07) is 11.6. The molecule has 0 spiro atoms. The molecule has 0 fully saturated rings. The van der Waals surface area contributed by atoms with Crippen LogP contribution < -0.4 is 5.32 Å². The highest BCUT2D eigenvalue weighted by atomic mass is 79.9. The zero-order valence-corrected chi connectivity index (χ0v) is 14.6. The molecular formula is C17H24BrN3. The lowest BCUT2D eigenvalue weighted by Gasteiger charge is -2.15. The molecule has 2 rings (SSSR count). The summed E-state index contributed by atoms with van der Waals surface area (Å²) in [5.74, 6) is 0. The second-order valence-corrected chi connectivity index (χ2v) is 6.48. The summed E-state index contributed by atoms with van der Waals surface area (Å²) in [6.07, 6.45) is 5.17. The van der Waals surface area contributed by atoms with E-state index in [2.05, 4.69) is 76.3 Å². The summed E-state index contributed by atoms with van der Waals surface area (Å²) in [6.45, 7) is 4.39. The summed E-state index contributed by atoms with van der Waals surface area (Å²) in [7, 11) is 2.02. The molecule has 0 saturated heterocycles. The Morgan fingerprint density at radius 3 is 2.52 bits per heavy atom. The Balaban J connectivity index is 1.98. The molecule has 0 aliphatic heterocycles. The van der Waals surface area contributed by atoms with Crippen LogP contribution in [0.15, 0.2) is 41.0 Å². The summed E-state index contributed by atoms with van der Waals surface area (Å²) < 4.78 is 3.20. The van der Waals surface area contributed by atoms with Gasteiger partial charge in [-0.3, -0.25) is 4.68 Å². The normalized spacial score (nSPS) is 14.1. The van der Waals surface area contributed by atoms with Gasteiger partial charge in [0.15, 0.2) is 0 Å². The lowest BCUT2D eigenvalue weighted by Crippen LogP contribution is -2.30. The van der Waals surface area contributed by atoms with E-state index < -0.39 is 0 Å². The molecule has 0 aliphatic carbocycles. The minimum atomic E-state index is 0.409. The Kier molecular flexibility index (Phi) is 6.00. The molecule has 0 amide bonds. The van der Waals surface area contributed by atoms with E-state index in [1.807, 2.05) is 7.05 Å². The highest BCUT2D eigenvalue weighted by Gasteiger charge is 2.11. The van der Waals surface area contributed by atoms with Crippen molar-refractivity contribution in [1.29, 1.82) is 0 Å². The first-order valence-electron chi connectivity index (χ1n) is 7.58. The SMILES string of the molecule is CCC(C)n1ccc(CC(Cc2ccc(Br)cc2)NC)n1. The zero-order chi connectivity index (χ0) is 15.2. The molecule has 0 radical (unpaired) electrons. The highest BCUT2D eigenvalue weighted by Crippen LogP contribution is 2.14. The number of aromatic nitrogens is 2. The first kappa shape index (κ1) is 16.2. The first-order chi connectivity index (χ1) is 10.1. The quantitative estimate of drug-likeness (QED) is 0.818. The monoisotopic (exact) mass is 349 g/mol. The summed E-state index contributed by atoms with van der Waals surface area (Å²) in [4.78, 5) is 0. The molecule has 0 aliphatic rings. The molecule has 114 valence electrons. The minimum absolute atomic E-state index is 0.409. The van der Waals surface area contributed by atoms with E-state index in [0.717, 1.165) is 29.4 Å². The number of rotatable bonds is 7. The molecule has 4 heteroatoms. The molecule has 3 nitrogen and oxygen atoms in total. The van der Waals surface area contributed by atoms with Crippen molar-refractivity contribution in [3.8, 4) is 0 Å². The van der Waals surface area contributed by atoms with Crippen molar-refractivity contribution in [1.82, 2.24) is 15.1 Å². The van der Waals surface area contributed by atoms with Crippen molar-refractivity contribution < 1.29 is 0 Å². The fourth-order valence-corrected chi connectivity index (χ4v) is 2.62. The van der Waals surface area contributed by atoms with Crippen molar-refractivity contribution in [3.63, 3.8) is 0 Å². The van der Waals surface area contributed by atoms with Gasteiger partial charge in [0.05, 0.1) is 5.69 Å². The number of likely N-dealkylation sites (N-methyl/N-ethyl adjacent to an activating group) is 1. The smallest absolute Gasteiger partial charge is 0.0640 e. The van der Waals surface area contributed by atoms with Gasteiger partial charge in [-0.05, 0) is 50.6 Å². The zero-order valence-electron chi connectivity index (χ0n) is 13.0. The Morgan fingerprint density at radius 1 is 1.19 bits per heavy atom. The van der Waals surface area contributed by atoms with E-state index in [1.54, 1.807) is 0 Å². The van der Waals surface area contributed by atoms with E-state index in [0.29, 0.717) is 12.1 Å².